The fraction of sp³-hybridized carbons (Fsp3) is 0.214. The normalized spacial score (nSPS) is 12.9. The van der Waals surface area contributed by atoms with Crippen LogP contribution in [0.2, 0.25) is 0 Å². The summed E-state index contributed by atoms with van der Waals surface area (Å²) < 4.78 is 8.22. The second-order valence-electron chi connectivity index (χ2n) is 8.34. The average Bonchev–Trinajstić information content (AvgIpc) is 3.19. The molecule has 5 rings (SSSR count). The number of aryl methyl sites for hydroxylation is 2. The molecule has 0 atom stereocenters. The fourth-order valence-corrected chi connectivity index (χ4v) is 4.44. The van der Waals surface area contributed by atoms with E-state index >= 15 is 0 Å². The van der Waals surface area contributed by atoms with Gasteiger partial charge < -0.3 is 4.74 Å². The van der Waals surface area contributed by atoms with Crippen LogP contribution in [-0.4, -0.2) is 22.2 Å². The third-order valence-electron chi connectivity index (χ3n) is 6.00. The Morgan fingerprint density at radius 2 is 1.55 bits per heavy atom. The van der Waals surface area contributed by atoms with Crippen molar-refractivity contribution in [1.82, 2.24) is 9.78 Å². The molecule has 5 nitrogen and oxygen atoms in total. The Morgan fingerprint density at radius 3 is 2.30 bits per heavy atom. The first-order chi connectivity index (χ1) is 16.2. The average molecular weight is 438 g/mol. The van der Waals surface area contributed by atoms with E-state index in [0.29, 0.717) is 19.6 Å². The fourth-order valence-electron chi connectivity index (χ4n) is 4.44. The summed E-state index contributed by atoms with van der Waals surface area (Å²) in [5.41, 5.74) is 4.97. The van der Waals surface area contributed by atoms with Gasteiger partial charge in [0, 0.05) is 18.7 Å². The maximum absolute atomic E-state index is 13.4. The minimum Gasteiger partial charge on any atom is -0.488 e. The third kappa shape index (κ3) is 4.40. The molecule has 2 heterocycles. The molecular formula is C28H27N3O2. The monoisotopic (exact) mass is 437 g/mol. The van der Waals surface area contributed by atoms with Gasteiger partial charge in [-0.05, 0) is 30.5 Å². The summed E-state index contributed by atoms with van der Waals surface area (Å²) in [4.78, 5) is 15.3. The lowest BCUT2D eigenvalue weighted by molar-refractivity contribution is -0.118. The smallest absolute Gasteiger partial charge is 0.232 e. The molecule has 0 aliphatic carbocycles. The van der Waals surface area contributed by atoms with Gasteiger partial charge in [-0.3, -0.25) is 9.69 Å². The van der Waals surface area contributed by atoms with Gasteiger partial charge in [-0.25, -0.2) is 4.68 Å². The number of hydrogen-bond donors (Lipinski definition) is 0. The molecule has 3 aromatic carbocycles. The second kappa shape index (κ2) is 9.33. The van der Waals surface area contributed by atoms with E-state index in [0.717, 1.165) is 52.5 Å². The molecule has 1 aromatic heterocycles. The van der Waals surface area contributed by atoms with E-state index < -0.39 is 0 Å². The Hall–Kier alpha value is -3.86. The number of aromatic nitrogens is 2. The first-order valence-electron chi connectivity index (χ1n) is 11.4. The summed E-state index contributed by atoms with van der Waals surface area (Å²) in [6.07, 6.45) is 1.26. The molecule has 0 spiro atoms. The quantitative estimate of drug-likeness (QED) is 0.405. The van der Waals surface area contributed by atoms with Crippen LogP contribution in [0.5, 0.6) is 5.75 Å². The maximum atomic E-state index is 13.4. The summed E-state index contributed by atoms with van der Waals surface area (Å²) in [6.45, 7) is 3.99. The number of benzene rings is 3. The van der Waals surface area contributed by atoms with Gasteiger partial charge in [0.05, 0.1) is 17.7 Å². The first-order valence-corrected chi connectivity index (χ1v) is 11.4. The molecule has 0 N–H and O–H groups in total. The Kier molecular flexibility index (Phi) is 5.94. The number of carbonyl (C=O) groups is 1. The van der Waals surface area contributed by atoms with E-state index in [1.165, 1.54) is 0 Å². The van der Waals surface area contributed by atoms with Crippen LogP contribution in [0.4, 0.5) is 5.82 Å². The van der Waals surface area contributed by atoms with Crippen molar-refractivity contribution >= 4 is 11.7 Å². The highest BCUT2D eigenvalue weighted by Crippen LogP contribution is 2.41. The van der Waals surface area contributed by atoms with Crippen LogP contribution >= 0.6 is 0 Å². The van der Waals surface area contributed by atoms with Crippen LogP contribution in [-0.2, 0) is 24.4 Å². The highest BCUT2D eigenvalue weighted by Gasteiger charge is 2.30. The van der Waals surface area contributed by atoms with Gasteiger partial charge in [0.2, 0.25) is 5.91 Å². The zero-order valence-corrected chi connectivity index (χ0v) is 18.8. The van der Waals surface area contributed by atoms with Crippen molar-refractivity contribution in [3.05, 3.63) is 102 Å². The van der Waals surface area contributed by atoms with Crippen molar-refractivity contribution in [2.24, 2.45) is 0 Å². The number of amides is 1. The van der Waals surface area contributed by atoms with E-state index in [1.54, 1.807) is 0 Å². The summed E-state index contributed by atoms with van der Waals surface area (Å²) in [7, 11) is 0. The van der Waals surface area contributed by atoms with Crippen LogP contribution in [0, 0.1) is 6.92 Å². The number of anilines is 1. The number of fused-ring (bicyclic) bond motifs is 1. The molecule has 1 aliphatic rings. The maximum Gasteiger partial charge on any atom is 0.232 e. The van der Waals surface area contributed by atoms with E-state index in [-0.39, 0.29) is 5.91 Å². The molecule has 0 unspecified atom stereocenters. The molecule has 0 radical (unpaired) electrons. The summed E-state index contributed by atoms with van der Waals surface area (Å²) in [5.74, 6) is 1.75. The predicted octanol–water partition coefficient (Wildman–Crippen LogP) is 5.42. The lowest BCUT2D eigenvalue weighted by atomic mass is 10.0. The van der Waals surface area contributed by atoms with Crippen molar-refractivity contribution in [2.45, 2.75) is 32.9 Å². The predicted molar refractivity (Wildman–Crippen MR) is 130 cm³/mol. The number of hydrogen-bond acceptors (Lipinski definition) is 3. The van der Waals surface area contributed by atoms with Gasteiger partial charge in [0.15, 0.2) is 0 Å². The van der Waals surface area contributed by atoms with Crippen molar-refractivity contribution in [3.8, 4) is 16.9 Å². The van der Waals surface area contributed by atoms with Gasteiger partial charge in [-0.1, -0.05) is 78.9 Å². The van der Waals surface area contributed by atoms with Gasteiger partial charge in [-0.2, -0.15) is 5.10 Å². The van der Waals surface area contributed by atoms with Crippen LogP contribution in [0.3, 0.4) is 0 Å². The standard InChI is InChI=1S/C28H27N3O2/c1-21-27(24-15-8-9-16-25(24)33-20-23-13-6-3-7-14-23)28-30(17-10-18-31(28)29-21)26(32)19-22-11-4-2-5-12-22/h2-9,11-16H,10,17-20H2,1H3. The summed E-state index contributed by atoms with van der Waals surface area (Å²) in [5, 5.41) is 4.79. The molecule has 0 fully saturated rings. The highest BCUT2D eigenvalue weighted by molar-refractivity contribution is 5.99. The molecule has 0 saturated heterocycles. The summed E-state index contributed by atoms with van der Waals surface area (Å²) in [6, 6.07) is 28.1. The zero-order valence-electron chi connectivity index (χ0n) is 18.8. The van der Waals surface area contributed by atoms with Gasteiger partial charge in [0.25, 0.3) is 0 Å². The van der Waals surface area contributed by atoms with Crippen molar-refractivity contribution in [1.29, 1.82) is 0 Å². The van der Waals surface area contributed by atoms with Gasteiger partial charge >= 0.3 is 0 Å². The number of rotatable bonds is 6. The molecule has 1 aliphatic heterocycles. The van der Waals surface area contributed by atoms with Gasteiger partial charge in [-0.15, -0.1) is 0 Å². The highest BCUT2D eigenvalue weighted by atomic mass is 16.5. The Morgan fingerprint density at radius 1 is 0.879 bits per heavy atom. The lowest BCUT2D eigenvalue weighted by Crippen LogP contribution is -2.38. The van der Waals surface area contributed by atoms with Crippen molar-refractivity contribution < 1.29 is 9.53 Å². The van der Waals surface area contributed by atoms with Gasteiger partial charge in [0.1, 0.15) is 18.2 Å². The minimum atomic E-state index is 0.0889. The number of nitrogens with zero attached hydrogens (tertiary/aromatic N) is 3. The summed E-state index contributed by atoms with van der Waals surface area (Å²) >= 11 is 0. The van der Waals surface area contributed by atoms with Crippen molar-refractivity contribution in [2.75, 3.05) is 11.4 Å². The van der Waals surface area contributed by atoms with E-state index in [4.69, 9.17) is 9.84 Å². The Balaban J connectivity index is 1.49. The molecule has 166 valence electrons. The second-order valence-corrected chi connectivity index (χ2v) is 8.34. The van der Waals surface area contributed by atoms with Crippen LogP contribution in [0.25, 0.3) is 11.1 Å². The topological polar surface area (TPSA) is 47.4 Å². The SMILES string of the molecule is Cc1nn2c(c1-c1ccccc1OCc1ccccc1)N(C(=O)Cc1ccccc1)CCC2. The minimum absolute atomic E-state index is 0.0889. The molecular weight excluding hydrogens is 410 g/mol. The zero-order chi connectivity index (χ0) is 22.6. The van der Waals surface area contributed by atoms with Crippen molar-refractivity contribution in [3.63, 3.8) is 0 Å². The molecule has 1 amide bonds. The first kappa shape index (κ1) is 21.0. The molecule has 5 heteroatoms. The number of para-hydroxylation sites is 1. The van der Waals surface area contributed by atoms with E-state index in [1.807, 2.05) is 83.2 Å². The van der Waals surface area contributed by atoms with E-state index in [2.05, 4.69) is 18.2 Å². The molecule has 33 heavy (non-hydrogen) atoms. The van der Waals surface area contributed by atoms with Crippen LogP contribution in [0.1, 0.15) is 23.2 Å². The molecule has 0 saturated carbocycles. The molecule has 4 aromatic rings. The largest absolute Gasteiger partial charge is 0.488 e. The van der Waals surface area contributed by atoms with E-state index in [9.17, 15) is 4.79 Å². The van der Waals surface area contributed by atoms with Crippen LogP contribution < -0.4 is 9.64 Å². The molecule has 0 bridgehead atoms. The Bertz CT molecular complexity index is 1250. The number of carbonyl (C=O) groups excluding carboxylic acids is 1. The third-order valence-corrected chi connectivity index (χ3v) is 6.00. The number of ether oxygens (including phenoxy) is 1. The van der Waals surface area contributed by atoms with Crippen LogP contribution in [0.15, 0.2) is 84.9 Å². The lowest BCUT2D eigenvalue weighted by Gasteiger charge is -2.29. The Labute approximate surface area is 194 Å².